The Labute approximate surface area is 75.2 Å². The Morgan fingerprint density at radius 1 is 1.46 bits per heavy atom. The highest BCUT2D eigenvalue weighted by Gasteiger charge is 2.05. The van der Waals surface area contributed by atoms with Gasteiger partial charge >= 0.3 is 0 Å². The summed E-state index contributed by atoms with van der Waals surface area (Å²) in [6, 6.07) is 4.56. The van der Waals surface area contributed by atoms with Crippen LogP contribution in [0.2, 0.25) is 0 Å². The molecule has 0 spiro atoms. The number of halogens is 1. The van der Waals surface area contributed by atoms with Crippen LogP contribution in [0, 0.1) is 5.82 Å². The zero-order valence-corrected chi connectivity index (χ0v) is 7.50. The third kappa shape index (κ3) is 1.14. The average molecular weight is 179 g/mol. The van der Waals surface area contributed by atoms with Crippen LogP contribution >= 0.6 is 0 Å². The SMILES string of the molecule is CNc1nc2ccc(F)cc2n1C. The van der Waals surface area contributed by atoms with Crippen molar-refractivity contribution in [3.8, 4) is 0 Å². The summed E-state index contributed by atoms with van der Waals surface area (Å²) in [7, 11) is 3.64. The van der Waals surface area contributed by atoms with Crippen LogP contribution in [0.15, 0.2) is 18.2 Å². The molecule has 1 aromatic heterocycles. The van der Waals surface area contributed by atoms with Gasteiger partial charge in [0.25, 0.3) is 0 Å². The number of hydrogen-bond acceptors (Lipinski definition) is 2. The fourth-order valence-corrected chi connectivity index (χ4v) is 1.39. The van der Waals surface area contributed by atoms with E-state index in [-0.39, 0.29) is 5.82 Å². The summed E-state index contributed by atoms with van der Waals surface area (Å²) in [5.74, 6) is 0.499. The van der Waals surface area contributed by atoms with Gasteiger partial charge in [-0.15, -0.1) is 0 Å². The van der Waals surface area contributed by atoms with E-state index >= 15 is 0 Å². The Bertz CT molecular complexity index is 447. The molecule has 0 bridgehead atoms. The van der Waals surface area contributed by atoms with E-state index < -0.39 is 0 Å². The van der Waals surface area contributed by atoms with Crippen LogP contribution in [-0.4, -0.2) is 16.6 Å². The quantitative estimate of drug-likeness (QED) is 0.722. The molecule has 68 valence electrons. The highest BCUT2D eigenvalue weighted by molar-refractivity contribution is 5.78. The van der Waals surface area contributed by atoms with E-state index in [9.17, 15) is 4.39 Å². The second-order valence-electron chi connectivity index (χ2n) is 2.88. The van der Waals surface area contributed by atoms with Crippen molar-refractivity contribution < 1.29 is 4.39 Å². The number of fused-ring (bicyclic) bond motifs is 1. The zero-order chi connectivity index (χ0) is 9.42. The van der Waals surface area contributed by atoms with Crippen molar-refractivity contribution in [2.45, 2.75) is 0 Å². The van der Waals surface area contributed by atoms with E-state index in [1.54, 1.807) is 13.1 Å². The Balaban J connectivity index is 2.77. The van der Waals surface area contributed by atoms with E-state index in [1.165, 1.54) is 12.1 Å². The summed E-state index contributed by atoms with van der Waals surface area (Å²) in [5, 5.41) is 2.93. The van der Waals surface area contributed by atoms with Crippen LogP contribution in [0.5, 0.6) is 0 Å². The Morgan fingerprint density at radius 3 is 2.92 bits per heavy atom. The van der Waals surface area contributed by atoms with Crippen molar-refractivity contribution in [3.63, 3.8) is 0 Å². The minimum atomic E-state index is -0.238. The lowest BCUT2D eigenvalue weighted by Gasteiger charge is -1.98. The monoisotopic (exact) mass is 179 g/mol. The molecule has 0 aliphatic carbocycles. The molecule has 0 unspecified atom stereocenters. The smallest absolute Gasteiger partial charge is 0.203 e. The Kier molecular flexibility index (Phi) is 1.69. The molecule has 0 saturated carbocycles. The zero-order valence-electron chi connectivity index (χ0n) is 7.50. The molecule has 0 fully saturated rings. The van der Waals surface area contributed by atoms with Crippen LogP contribution in [0.3, 0.4) is 0 Å². The number of nitrogens with one attached hydrogen (secondary N) is 1. The lowest BCUT2D eigenvalue weighted by atomic mass is 10.3. The van der Waals surface area contributed by atoms with Crippen molar-refractivity contribution in [1.82, 2.24) is 9.55 Å². The maximum Gasteiger partial charge on any atom is 0.203 e. The summed E-state index contributed by atoms with van der Waals surface area (Å²) < 4.78 is 14.7. The molecule has 0 aliphatic heterocycles. The fourth-order valence-electron chi connectivity index (χ4n) is 1.39. The summed E-state index contributed by atoms with van der Waals surface area (Å²) in [6.45, 7) is 0. The van der Waals surface area contributed by atoms with Gasteiger partial charge in [-0.1, -0.05) is 0 Å². The third-order valence-electron chi connectivity index (χ3n) is 2.07. The van der Waals surface area contributed by atoms with Gasteiger partial charge in [-0.2, -0.15) is 0 Å². The maximum atomic E-state index is 12.9. The van der Waals surface area contributed by atoms with Crippen LogP contribution in [0.25, 0.3) is 11.0 Å². The first-order valence-electron chi connectivity index (χ1n) is 4.02. The lowest BCUT2D eigenvalue weighted by Crippen LogP contribution is -1.97. The molecule has 2 aromatic rings. The number of hydrogen-bond donors (Lipinski definition) is 1. The number of benzene rings is 1. The van der Waals surface area contributed by atoms with Crippen LogP contribution < -0.4 is 5.32 Å². The number of aryl methyl sites for hydroxylation is 1. The second-order valence-corrected chi connectivity index (χ2v) is 2.88. The summed E-state index contributed by atoms with van der Waals surface area (Å²) in [6.07, 6.45) is 0. The number of nitrogens with zero attached hydrogens (tertiary/aromatic N) is 2. The van der Waals surface area contributed by atoms with Crippen LogP contribution in [-0.2, 0) is 7.05 Å². The highest BCUT2D eigenvalue weighted by Crippen LogP contribution is 2.18. The third-order valence-corrected chi connectivity index (χ3v) is 2.07. The Morgan fingerprint density at radius 2 is 2.23 bits per heavy atom. The van der Waals surface area contributed by atoms with E-state index in [1.807, 2.05) is 11.6 Å². The first-order chi connectivity index (χ1) is 6.22. The van der Waals surface area contributed by atoms with Gasteiger partial charge in [0.2, 0.25) is 5.95 Å². The minimum absolute atomic E-state index is 0.238. The second kappa shape index (κ2) is 2.73. The van der Waals surface area contributed by atoms with Crippen LogP contribution in [0.1, 0.15) is 0 Å². The molecular weight excluding hydrogens is 169 g/mol. The minimum Gasteiger partial charge on any atom is -0.359 e. The largest absolute Gasteiger partial charge is 0.359 e. The summed E-state index contributed by atoms with van der Waals surface area (Å²) in [5.41, 5.74) is 1.60. The fraction of sp³-hybridized carbons (Fsp3) is 0.222. The van der Waals surface area contributed by atoms with Crippen molar-refractivity contribution >= 4 is 17.0 Å². The van der Waals surface area contributed by atoms with Crippen molar-refractivity contribution in [1.29, 1.82) is 0 Å². The number of aromatic nitrogens is 2. The lowest BCUT2D eigenvalue weighted by molar-refractivity contribution is 0.629. The van der Waals surface area contributed by atoms with Crippen molar-refractivity contribution in [3.05, 3.63) is 24.0 Å². The molecular formula is C9H10FN3. The first kappa shape index (κ1) is 8.04. The van der Waals surface area contributed by atoms with Gasteiger partial charge in [-0.3, -0.25) is 0 Å². The maximum absolute atomic E-state index is 12.9. The van der Waals surface area contributed by atoms with E-state index in [2.05, 4.69) is 10.3 Å². The summed E-state index contributed by atoms with van der Waals surface area (Å²) in [4.78, 5) is 4.26. The molecule has 0 aliphatic rings. The van der Waals surface area contributed by atoms with Gasteiger partial charge in [0.05, 0.1) is 11.0 Å². The molecule has 2 rings (SSSR count). The van der Waals surface area contributed by atoms with Gasteiger partial charge < -0.3 is 9.88 Å². The molecule has 0 amide bonds. The van der Waals surface area contributed by atoms with Gasteiger partial charge in [0.15, 0.2) is 0 Å². The molecule has 0 atom stereocenters. The Hall–Kier alpha value is -1.58. The molecule has 1 aromatic carbocycles. The van der Waals surface area contributed by atoms with E-state index in [0.29, 0.717) is 0 Å². The van der Waals surface area contributed by atoms with Crippen molar-refractivity contribution in [2.24, 2.45) is 7.05 Å². The van der Waals surface area contributed by atoms with Gasteiger partial charge in [-0.25, -0.2) is 9.37 Å². The number of imidazole rings is 1. The average Bonchev–Trinajstić information content (AvgIpc) is 2.44. The molecule has 0 saturated heterocycles. The molecule has 1 heterocycles. The van der Waals surface area contributed by atoms with Gasteiger partial charge in [0.1, 0.15) is 5.82 Å². The molecule has 13 heavy (non-hydrogen) atoms. The van der Waals surface area contributed by atoms with E-state index in [0.717, 1.165) is 17.0 Å². The van der Waals surface area contributed by atoms with Gasteiger partial charge in [0, 0.05) is 14.1 Å². The topological polar surface area (TPSA) is 29.9 Å². The van der Waals surface area contributed by atoms with Gasteiger partial charge in [-0.05, 0) is 18.2 Å². The molecule has 0 radical (unpaired) electrons. The number of rotatable bonds is 1. The molecule has 1 N–H and O–H groups in total. The molecule has 3 nitrogen and oxygen atoms in total. The number of anilines is 1. The standard InChI is InChI=1S/C9H10FN3/c1-11-9-12-7-4-3-6(10)5-8(7)13(9)2/h3-5H,1-2H3,(H,11,12). The predicted molar refractivity (Wildman–Crippen MR) is 50.2 cm³/mol. The summed E-state index contributed by atoms with van der Waals surface area (Å²) >= 11 is 0. The molecule has 4 heteroatoms. The predicted octanol–water partition coefficient (Wildman–Crippen LogP) is 1.75. The normalized spacial score (nSPS) is 10.7. The van der Waals surface area contributed by atoms with Crippen molar-refractivity contribution in [2.75, 3.05) is 12.4 Å². The van der Waals surface area contributed by atoms with Crippen LogP contribution in [0.4, 0.5) is 10.3 Å². The highest BCUT2D eigenvalue weighted by atomic mass is 19.1. The first-order valence-corrected chi connectivity index (χ1v) is 4.02. The van der Waals surface area contributed by atoms with E-state index in [4.69, 9.17) is 0 Å².